The molecule has 0 aliphatic carbocycles. The minimum Gasteiger partial charge on any atom is -0.494 e. The molecule has 0 bridgehead atoms. The summed E-state index contributed by atoms with van der Waals surface area (Å²) in [6.07, 6.45) is 3.36. The molecule has 0 atom stereocenters. The Morgan fingerprint density at radius 2 is 1.83 bits per heavy atom. The van der Waals surface area contributed by atoms with E-state index in [1.54, 1.807) is 59.1 Å². The molecule has 2 aromatic heterocycles. The van der Waals surface area contributed by atoms with E-state index in [2.05, 4.69) is 10.1 Å². The normalized spacial score (nSPS) is 15.5. The van der Waals surface area contributed by atoms with Gasteiger partial charge in [0.05, 0.1) is 17.2 Å². The fraction of sp³-hybridized carbons (Fsp3) is 0.350. The summed E-state index contributed by atoms with van der Waals surface area (Å²) in [4.78, 5) is 19.2. The van der Waals surface area contributed by atoms with Gasteiger partial charge in [-0.25, -0.2) is 17.9 Å². The third-order valence-corrected chi connectivity index (χ3v) is 7.00. The van der Waals surface area contributed by atoms with Gasteiger partial charge in [0.2, 0.25) is 10.0 Å². The zero-order chi connectivity index (χ0) is 21.3. The summed E-state index contributed by atoms with van der Waals surface area (Å²) >= 11 is 0. The zero-order valence-corrected chi connectivity index (χ0v) is 17.7. The van der Waals surface area contributed by atoms with Gasteiger partial charge >= 0.3 is 0 Å². The SMILES string of the molecule is CCOc1ccc(S(=O)(=O)N2CCN(C(=O)c3c(C)nn4cccnc34)CC2)cc1. The highest BCUT2D eigenvalue weighted by Crippen LogP contribution is 2.22. The molecule has 3 heterocycles. The Balaban J connectivity index is 1.48. The molecule has 1 aliphatic heterocycles. The van der Waals surface area contributed by atoms with Crippen LogP contribution in [0.25, 0.3) is 5.65 Å². The van der Waals surface area contributed by atoms with E-state index in [-0.39, 0.29) is 23.9 Å². The van der Waals surface area contributed by atoms with Gasteiger partial charge in [0.25, 0.3) is 5.91 Å². The quantitative estimate of drug-likeness (QED) is 0.611. The standard InChI is InChI=1S/C20H23N5O4S/c1-3-29-16-5-7-17(8-6-16)30(27,28)24-13-11-23(12-14-24)20(26)18-15(2)22-25-10-4-9-21-19(18)25/h4-10H,3,11-14H2,1-2H3. The fourth-order valence-electron chi connectivity index (χ4n) is 3.56. The van der Waals surface area contributed by atoms with Crippen molar-refractivity contribution in [2.75, 3.05) is 32.8 Å². The molecule has 10 heteroatoms. The van der Waals surface area contributed by atoms with Crippen molar-refractivity contribution in [2.45, 2.75) is 18.7 Å². The van der Waals surface area contributed by atoms with E-state index in [0.29, 0.717) is 42.4 Å². The number of hydrogen-bond donors (Lipinski definition) is 0. The maximum atomic E-state index is 13.1. The maximum absolute atomic E-state index is 13.1. The number of carbonyl (C=O) groups excluding carboxylic acids is 1. The number of benzene rings is 1. The van der Waals surface area contributed by atoms with Crippen LogP contribution in [-0.4, -0.2) is 70.9 Å². The predicted octanol–water partition coefficient (Wildman–Crippen LogP) is 1.58. The van der Waals surface area contributed by atoms with E-state index in [4.69, 9.17) is 4.74 Å². The van der Waals surface area contributed by atoms with Crippen LogP contribution in [0.15, 0.2) is 47.6 Å². The van der Waals surface area contributed by atoms with Gasteiger partial charge in [0.15, 0.2) is 5.65 Å². The van der Waals surface area contributed by atoms with Gasteiger partial charge in [-0.2, -0.15) is 9.40 Å². The number of fused-ring (bicyclic) bond motifs is 1. The van der Waals surface area contributed by atoms with Crippen LogP contribution >= 0.6 is 0 Å². The number of nitrogens with zero attached hydrogens (tertiary/aromatic N) is 5. The fourth-order valence-corrected chi connectivity index (χ4v) is 4.98. The van der Waals surface area contributed by atoms with Crippen LogP contribution in [0.5, 0.6) is 5.75 Å². The Hall–Kier alpha value is -2.98. The molecule has 1 amide bonds. The number of piperazine rings is 1. The third kappa shape index (κ3) is 3.63. The Bertz CT molecular complexity index is 1170. The highest BCUT2D eigenvalue weighted by molar-refractivity contribution is 7.89. The molecule has 0 spiro atoms. The molecule has 0 unspecified atom stereocenters. The van der Waals surface area contributed by atoms with E-state index in [0.717, 1.165) is 0 Å². The van der Waals surface area contributed by atoms with Crippen molar-refractivity contribution in [3.8, 4) is 5.75 Å². The molecule has 1 saturated heterocycles. The number of aromatic nitrogens is 3. The minimum absolute atomic E-state index is 0.181. The molecular weight excluding hydrogens is 406 g/mol. The topological polar surface area (TPSA) is 97.1 Å². The number of sulfonamides is 1. The number of aryl methyl sites for hydroxylation is 1. The van der Waals surface area contributed by atoms with Crippen molar-refractivity contribution in [1.82, 2.24) is 23.8 Å². The second-order valence-electron chi connectivity index (χ2n) is 6.95. The summed E-state index contributed by atoms with van der Waals surface area (Å²) in [5, 5.41) is 4.33. The molecule has 0 radical (unpaired) electrons. The molecule has 4 rings (SSSR count). The molecule has 3 aromatic rings. The molecule has 9 nitrogen and oxygen atoms in total. The molecule has 1 fully saturated rings. The summed E-state index contributed by atoms with van der Waals surface area (Å²) in [5.74, 6) is 0.448. The van der Waals surface area contributed by atoms with Crippen molar-refractivity contribution in [3.05, 3.63) is 54.0 Å². The molecule has 0 saturated carbocycles. The highest BCUT2D eigenvalue weighted by atomic mass is 32.2. The first kappa shape index (κ1) is 20.3. The summed E-state index contributed by atoms with van der Waals surface area (Å²) in [5.41, 5.74) is 1.56. The Kier molecular flexibility index (Phi) is 5.44. The van der Waals surface area contributed by atoms with Crippen LogP contribution in [0.2, 0.25) is 0 Å². The Labute approximate surface area is 174 Å². The van der Waals surface area contributed by atoms with Gasteiger partial charge in [-0.3, -0.25) is 4.79 Å². The van der Waals surface area contributed by atoms with Crippen molar-refractivity contribution < 1.29 is 17.9 Å². The second-order valence-corrected chi connectivity index (χ2v) is 8.89. The van der Waals surface area contributed by atoms with E-state index < -0.39 is 10.0 Å². The second kappa shape index (κ2) is 8.04. The van der Waals surface area contributed by atoms with Crippen LogP contribution in [-0.2, 0) is 10.0 Å². The summed E-state index contributed by atoms with van der Waals surface area (Å²) in [6.45, 7) is 5.23. The highest BCUT2D eigenvalue weighted by Gasteiger charge is 2.32. The lowest BCUT2D eigenvalue weighted by Crippen LogP contribution is -2.50. The van der Waals surface area contributed by atoms with Crippen molar-refractivity contribution in [1.29, 1.82) is 0 Å². The van der Waals surface area contributed by atoms with Gasteiger partial charge in [-0.1, -0.05) is 0 Å². The van der Waals surface area contributed by atoms with Gasteiger partial charge in [-0.15, -0.1) is 0 Å². The summed E-state index contributed by atoms with van der Waals surface area (Å²) in [7, 11) is -3.63. The number of ether oxygens (including phenoxy) is 1. The third-order valence-electron chi connectivity index (χ3n) is 5.08. The first-order chi connectivity index (χ1) is 14.4. The number of amides is 1. The molecule has 1 aromatic carbocycles. The van der Waals surface area contributed by atoms with Gasteiger partial charge in [0.1, 0.15) is 11.3 Å². The zero-order valence-electron chi connectivity index (χ0n) is 16.9. The molecule has 30 heavy (non-hydrogen) atoms. The average molecular weight is 430 g/mol. The van der Waals surface area contributed by atoms with E-state index >= 15 is 0 Å². The minimum atomic E-state index is -3.63. The molecule has 0 N–H and O–H groups in total. The largest absolute Gasteiger partial charge is 0.494 e. The van der Waals surface area contributed by atoms with Crippen LogP contribution in [0.4, 0.5) is 0 Å². The lowest BCUT2D eigenvalue weighted by atomic mass is 10.2. The number of rotatable bonds is 5. The van der Waals surface area contributed by atoms with Gasteiger partial charge in [0, 0.05) is 38.6 Å². The predicted molar refractivity (Wildman–Crippen MR) is 110 cm³/mol. The maximum Gasteiger partial charge on any atom is 0.259 e. The smallest absolute Gasteiger partial charge is 0.259 e. The van der Waals surface area contributed by atoms with Crippen molar-refractivity contribution >= 4 is 21.6 Å². The van der Waals surface area contributed by atoms with Crippen LogP contribution in [0.3, 0.4) is 0 Å². The first-order valence-corrected chi connectivity index (χ1v) is 11.2. The number of carbonyl (C=O) groups is 1. The summed E-state index contributed by atoms with van der Waals surface area (Å²) in [6, 6.07) is 8.14. The van der Waals surface area contributed by atoms with E-state index in [1.807, 2.05) is 6.92 Å². The van der Waals surface area contributed by atoms with Gasteiger partial charge in [-0.05, 0) is 44.2 Å². The lowest BCUT2D eigenvalue weighted by molar-refractivity contribution is 0.0699. The van der Waals surface area contributed by atoms with Crippen molar-refractivity contribution in [3.63, 3.8) is 0 Å². The molecule has 158 valence electrons. The van der Waals surface area contributed by atoms with E-state index in [9.17, 15) is 13.2 Å². The molecule has 1 aliphatic rings. The van der Waals surface area contributed by atoms with Crippen LogP contribution in [0, 0.1) is 6.92 Å². The van der Waals surface area contributed by atoms with Crippen LogP contribution < -0.4 is 4.74 Å². The molecular formula is C20H23N5O4S. The average Bonchev–Trinajstić information content (AvgIpc) is 3.09. The first-order valence-electron chi connectivity index (χ1n) is 9.74. The van der Waals surface area contributed by atoms with Crippen molar-refractivity contribution in [2.24, 2.45) is 0 Å². The van der Waals surface area contributed by atoms with E-state index in [1.165, 1.54) is 4.31 Å². The van der Waals surface area contributed by atoms with Gasteiger partial charge < -0.3 is 9.64 Å². The Morgan fingerprint density at radius 1 is 1.13 bits per heavy atom. The lowest BCUT2D eigenvalue weighted by Gasteiger charge is -2.34. The monoisotopic (exact) mass is 429 g/mol. The summed E-state index contributed by atoms with van der Waals surface area (Å²) < 4.78 is 34.3. The van der Waals surface area contributed by atoms with Crippen LogP contribution in [0.1, 0.15) is 23.0 Å². The Morgan fingerprint density at radius 3 is 2.50 bits per heavy atom. The number of hydrogen-bond acceptors (Lipinski definition) is 6.